The molecular weight excluding hydrogens is 340 g/mol. The summed E-state index contributed by atoms with van der Waals surface area (Å²) in [5.74, 6) is 2.22. The second kappa shape index (κ2) is 9.13. The molecule has 3 rings (SSSR count). The molecule has 1 fully saturated rings. The topological polar surface area (TPSA) is 71.3 Å². The van der Waals surface area contributed by atoms with Gasteiger partial charge in [0.15, 0.2) is 0 Å². The van der Waals surface area contributed by atoms with Crippen LogP contribution in [0.4, 0.5) is 0 Å². The van der Waals surface area contributed by atoms with Crippen LogP contribution in [0.1, 0.15) is 44.6 Å². The van der Waals surface area contributed by atoms with Crippen LogP contribution in [-0.4, -0.2) is 40.6 Å². The molecule has 27 heavy (non-hydrogen) atoms. The Hall–Kier alpha value is -2.21. The summed E-state index contributed by atoms with van der Waals surface area (Å²) < 4.78 is 5.44. The molecule has 6 nitrogen and oxygen atoms in total. The fraction of sp³-hybridized carbons (Fsp3) is 0.571. The van der Waals surface area contributed by atoms with E-state index in [1.807, 2.05) is 31.2 Å². The third-order valence-electron chi connectivity index (χ3n) is 5.19. The van der Waals surface area contributed by atoms with Crippen LogP contribution in [0.3, 0.4) is 0 Å². The number of nitrogens with one attached hydrogen (secondary N) is 1. The summed E-state index contributed by atoms with van der Waals surface area (Å²) in [7, 11) is 0. The standard InChI is InChI=1S/C21H30N4O2/c1-15(2)8-11-22-21(26)17-9-12-25(13-10-17)14-19-23-20(24-27-19)18-7-5-4-6-16(18)3/h4-7,15,17H,8-14H2,1-3H3,(H,22,26). The monoisotopic (exact) mass is 370 g/mol. The molecule has 1 aliphatic heterocycles. The number of carbonyl (C=O) groups is 1. The Balaban J connectivity index is 1.47. The molecule has 2 aromatic rings. The first kappa shape index (κ1) is 19.5. The van der Waals surface area contributed by atoms with E-state index in [4.69, 9.17) is 4.52 Å². The number of aryl methyl sites for hydroxylation is 1. The lowest BCUT2D eigenvalue weighted by Gasteiger charge is -2.30. The number of benzene rings is 1. The zero-order valence-electron chi connectivity index (χ0n) is 16.6. The summed E-state index contributed by atoms with van der Waals surface area (Å²) in [6.07, 6.45) is 2.80. The first-order valence-corrected chi connectivity index (χ1v) is 9.91. The zero-order chi connectivity index (χ0) is 19.2. The number of hydrogen-bond donors (Lipinski definition) is 1. The molecule has 0 unspecified atom stereocenters. The summed E-state index contributed by atoms with van der Waals surface area (Å²) in [4.78, 5) is 19.1. The first-order chi connectivity index (χ1) is 13.0. The van der Waals surface area contributed by atoms with Gasteiger partial charge in [0.25, 0.3) is 0 Å². The molecular formula is C21H30N4O2. The van der Waals surface area contributed by atoms with Crippen molar-refractivity contribution in [1.29, 1.82) is 0 Å². The van der Waals surface area contributed by atoms with E-state index < -0.39 is 0 Å². The maximum Gasteiger partial charge on any atom is 0.241 e. The molecule has 1 aliphatic rings. The van der Waals surface area contributed by atoms with Crippen molar-refractivity contribution in [2.24, 2.45) is 11.8 Å². The number of likely N-dealkylation sites (tertiary alicyclic amines) is 1. The molecule has 1 N–H and O–H groups in total. The van der Waals surface area contributed by atoms with Gasteiger partial charge in [-0.25, -0.2) is 0 Å². The molecule has 0 radical (unpaired) electrons. The van der Waals surface area contributed by atoms with Gasteiger partial charge in [0, 0.05) is 18.0 Å². The van der Waals surface area contributed by atoms with E-state index in [-0.39, 0.29) is 11.8 Å². The van der Waals surface area contributed by atoms with Crippen LogP contribution in [0.15, 0.2) is 28.8 Å². The molecule has 1 aromatic heterocycles. The number of carbonyl (C=O) groups excluding carboxylic acids is 1. The molecule has 1 amide bonds. The van der Waals surface area contributed by atoms with Crippen molar-refractivity contribution in [3.63, 3.8) is 0 Å². The number of rotatable bonds is 7. The number of amides is 1. The molecule has 0 saturated carbocycles. The van der Waals surface area contributed by atoms with Gasteiger partial charge < -0.3 is 9.84 Å². The number of hydrogen-bond acceptors (Lipinski definition) is 5. The van der Waals surface area contributed by atoms with Crippen molar-refractivity contribution >= 4 is 5.91 Å². The summed E-state index contributed by atoms with van der Waals surface area (Å²) in [6.45, 7) is 9.57. The average Bonchev–Trinajstić information content (AvgIpc) is 3.10. The molecule has 0 atom stereocenters. The summed E-state index contributed by atoms with van der Waals surface area (Å²) in [5.41, 5.74) is 2.14. The molecule has 2 heterocycles. The van der Waals surface area contributed by atoms with Crippen molar-refractivity contribution in [3.05, 3.63) is 35.7 Å². The zero-order valence-corrected chi connectivity index (χ0v) is 16.6. The minimum Gasteiger partial charge on any atom is -0.356 e. The highest BCUT2D eigenvalue weighted by atomic mass is 16.5. The van der Waals surface area contributed by atoms with Crippen molar-refractivity contribution in [2.75, 3.05) is 19.6 Å². The fourth-order valence-electron chi connectivity index (χ4n) is 3.43. The molecule has 1 aromatic carbocycles. The number of piperidine rings is 1. The van der Waals surface area contributed by atoms with Crippen LogP contribution in [0, 0.1) is 18.8 Å². The fourth-order valence-corrected chi connectivity index (χ4v) is 3.43. The second-order valence-corrected chi connectivity index (χ2v) is 7.85. The predicted octanol–water partition coefficient (Wildman–Crippen LogP) is 3.42. The normalized spacial score (nSPS) is 16.0. The number of aromatic nitrogens is 2. The van der Waals surface area contributed by atoms with Crippen molar-refractivity contribution < 1.29 is 9.32 Å². The molecule has 6 heteroatoms. The lowest BCUT2D eigenvalue weighted by Crippen LogP contribution is -2.40. The third kappa shape index (κ3) is 5.39. The summed E-state index contributed by atoms with van der Waals surface area (Å²) in [5, 5.41) is 7.20. The van der Waals surface area contributed by atoms with Crippen LogP contribution in [0.5, 0.6) is 0 Å². The van der Waals surface area contributed by atoms with Gasteiger partial charge in [-0.1, -0.05) is 43.3 Å². The van der Waals surface area contributed by atoms with Gasteiger partial charge in [0.05, 0.1) is 6.54 Å². The van der Waals surface area contributed by atoms with E-state index in [1.165, 1.54) is 0 Å². The lowest BCUT2D eigenvalue weighted by molar-refractivity contribution is -0.126. The highest BCUT2D eigenvalue weighted by Gasteiger charge is 2.25. The molecule has 0 bridgehead atoms. The Morgan fingerprint density at radius 3 is 2.74 bits per heavy atom. The van der Waals surface area contributed by atoms with Gasteiger partial charge in [0.1, 0.15) is 0 Å². The quantitative estimate of drug-likeness (QED) is 0.809. The largest absolute Gasteiger partial charge is 0.356 e. The van der Waals surface area contributed by atoms with Gasteiger partial charge in [0.2, 0.25) is 17.6 Å². The molecule has 146 valence electrons. The Bertz CT molecular complexity index is 748. The van der Waals surface area contributed by atoms with E-state index >= 15 is 0 Å². The maximum absolute atomic E-state index is 12.3. The SMILES string of the molecule is Cc1ccccc1-c1noc(CN2CCC(C(=O)NCCC(C)C)CC2)n1. The minimum atomic E-state index is 0.124. The third-order valence-corrected chi connectivity index (χ3v) is 5.19. The summed E-state index contributed by atoms with van der Waals surface area (Å²) >= 11 is 0. The van der Waals surface area contributed by atoms with Gasteiger partial charge in [-0.15, -0.1) is 0 Å². The average molecular weight is 370 g/mol. The van der Waals surface area contributed by atoms with Crippen molar-refractivity contribution in [3.8, 4) is 11.4 Å². The van der Waals surface area contributed by atoms with Crippen LogP contribution >= 0.6 is 0 Å². The van der Waals surface area contributed by atoms with Gasteiger partial charge >= 0.3 is 0 Å². The lowest BCUT2D eigenvalue weighted by atomic mass is 9.96. The minimum absolute atomic E-state index is 0.124. The molecule has 0 aliphatic carbocycles. The van der Waals surface area contributed by atoms with Gasteiger partial charge in [-0.3, -0.25) is 9.69 Å². The first-order valence-electron chi connectivity index (χ1n) is 9.91. The Morgan fingerprint density at radius 1 is 1.30 bits per heavy atom. The highest BCUT2D eigenvalue weighted by molar-refractivity contribution is 5.78. The van der Waals surface area contributed by atoms with Crippen LogP contribution in [-0.2, 0) is 11.3 Å². The summed E-state index contributed by atoms with van der Waals surface area (Å²) in [6, 6.07) is 8.04. The van der Waals surface area contributed by atoms with E-state index in [0.717, 1.165) is 50.0 Å². The molecule has 0 spiro atoms. The van der Waals surface area contributed by atoms with Gasteiger partial charge in [-0.05, 0) is 50.8 Å². The Labute approximate surface area is 161 Å². The highest BCUT2D eigenvalue weighted by Crippen LogP contribution is 2.22. The smallest absolute Gasteiger partial charge is 0.241 e. The van der Waals surface area contributed by atoms with Crippen LogP contribution in [0.2, 0.25) is 0 Å². The predicted molar refractivity (Wildman–Crippen MR) is 105 cm³/mol. The van der Waals surface area contributed by atoms with Crippen LogP contribution in [0.25, 0.3) is 11.4 Å². The Kier molecular flexibility index (Phi) is 6.61. The van der Waals surface area contributed by atoms with E-state index in [9.17, 15) is 4.79 Å². The van der Waals surface area contributed by atoms with Crippen molar-refractivity contribution in [1.82, 2.24) is 20.4 Å². The Morgan fingerprint density at radius 2 is 2.04 bits per heavy atom. The van der Waals surface area contributed by atoms with Crippen LogP contribution < -0.4 is 5.32 Å². The number of nitrogens with zero attached hydrogens (tertiary/aromatic N) is 3. The van der Waals surface area contributed by atoms with Gasteiger partial charge in [-0.2, -0.15) is 4.98 Å². The van der Waals surface area contributed by atoms with E-state index in [0.29, 0.717) is 24.2 Å². The van der Waals surface area contributed by atoms with E-state index in [2.05, 4.69) is 34.2 Å². The van der Waals surface area contributed by atoms with E-state index in [1.54, 1.807) is 0 Å². The maximum atomic E-state index is 12.3. The van der Waals surface area contributed by atoms with Crippen molar-refractivity contribution in [2.45, 2.75) is 46.6 Å². The molecule has 1 saturated heterocycles. The second-order valence-electron chi connectivity index (χ2n) is 7.85.